The van der Waals surface area contributed by atoms with Gasteiger partial charge in [0.2, 0.25) is 5.91 Å². The van der Waals surface area contributed by atoms with Crippen LogP contribution in [0.5, 0.6) is 0 Å². The van der Waals surface area contributed by atoms with Crippen LogP contribution in [0.25, 0.3) is 0 Å². The van der Waals surface area contributed by atoms with Crippen LogP contribution in [0.4, 0.5) is 0 Å². The number of carbonyl (C=O) groups excluding carboxylic acids is 1. The first kappa shape index (κ1) is 20.5. The first-order chi connectivity index (χ1) is 12.6. The van der Waals surface area contributed by atoms with Crippen LogP contribution in [0.1, 0.15) is 44.4 Å². The number of hydrogen-bond donors (Lipinski definition) is 1. The summed E-state index contributed by atoms with van der Waals surface area (Å²) in [6.45, 7) is 8.66. The van der Waals surface area contributed by atoms with Gasteiger partial charge in [-0.1, -0.05) is 6.92 Å². The normalized spacial score (nSPS) is 17.9. The highest BCUT2D eigenvalue weighted by Crippen LogP contribution is 2.15. The van der Waals surface area contributed by atoms with Gasteiger partial charge in [0, 0.05) is 44.6 Å². The van der Waals surface area contributed by atoms with E-state index in [1.807, 2.05) is 30.2 Å². The van der Waals surface area contributed by atoms with Crippen LogP contribution >= 0.6 is 0 Å². The molecule has 26 heavy (non-hydrogen) atoms. The Hall–Kier alpha value is -1.79. The van der Waals surface area contributed by atoms with E-state index in [1.165, 1.54) is 12.8 Å². The van der Waals surface area contributed by atoms with Gasteiger partial charge in [0.25, 0.3) is 0 Å². The second-order valence-corrected chi connectivity index (χ2v) is 6.93. The number of amides is 1. The minimum Gasteiger partial charge on any atom is -0.340 e. The van der Waals surface area contributed by atoms with Crippen molar-refractivity contribution in [3.8, 4) is 0 Å². The molecule has 144 valence electrons. The highest BCUT2D eigenvalue weighted by atomic mass is 16.2. The van der Waals surface area contributed by atoms with E-state index in [4.69, 9.17) is 0 Å². The van der Waals surface area contributed by atoms with E-state index in [0.29, 0.717) is 19.1 Å². The molecule has 0 aromatic carbocycles. The fourth-order valence-corrected chi connectivity index (χ4v) is 3.25. The summed E-state index contributed by atoms with van der Waals surface area (Å²) in [5, 5.41) is 3.24. The zero-order valence-corrected chi connectivity index (χ0v) is 16.4. The number of likely N-dealkylation sites (N-methyl/N-ethyl adjacent to an activating group) is 2. The summed E-state index contributed by atoms with van der Waals surface area (Å²) >= 11 is 0. The maximum absolute atomic E-state index is 12.5. The largest absolute Gasteiger partial charge is 0.340 e. The second-order valence-electron chi connectivity index (χ2n) is 6.93. The molecule has 6 heteroatoms. The number of rotatable bonds is 10. The molecule has 0 aliphatic carbocycles. The molecule has 1 aliphatic rings. The number of carbonyl (C=O) groups is 1. The Morgan fingerprint density at radius 2 is 2.35 bits per heavy atom. The first-order valence-electron chi connectivity index (χ1n) is 9.77. The van der Waals surface area contributed by atoms with Crippen LogP contribution in [0.3, 0.4) is 0 Å². The molecule has 1 aromatic rings. The highest BCUT2D eigenvalue weighted by Gasteiger charge is 2.24. The topological polar surface area (TPSA) is 60.8 Å². The number of hydrogen-bond acceptors (Lipinski definition) is 5. The molecule has 1 saturated heterocycles. The summed E-state index contributed by atoms with van der Waals surface area (Å²) < 4.78 is 0. The quantitative estimate of drug-likeness (QED) is 0.649. The average Bonchev–Trinajstić information content (AvgIpc) is 3.05. The fraction of sp³-hybridized carbons (Fsp3) is 0.650. The second kappa shape index (κ2) is 11.0. The smallest absolute Gasteiger partial charge is 0.236 e. The van der Waals surface area contributed by atoms with Crippen molar-refractivity contribution in [2.75, 3.05) is 39.8 Å². The van der Waals surface area contributed by atoms with Gasteiger partial charge in [0.05, 0.1) is 12.2 Å². The minimum atomic E-state index is 0.161. The maximum atomic E-state index is 12.5. The van der Waals surface area contributed by atoms with Crippen LogP contribution in [-0.2, 0) is 11.3 Å². The van der Waals surface area contributed by atoms with Crippen LogP contribution in [-0.4, -0.2) is 72.7 Å². The van der Waals surface area contributed by atoms with Crippen molar-refractivity contribution in [1.29, 1.82) is 0 Å². The van der Waals surface area contributed by atoms with Crippen molar-refractivity contribution in [2.24, 2.45) is 4.99 Å². The number of nitrogens with one attached hydrogen (secondary N) is 1. The van der Waals surface area contributed by atoms with Crippen molar-refractivity contribution in [2.45, 2.75) is 45.7 Å². The summed E-state index contributed by atoms with van der Waals surface area (Å²) in [5.74, 6) is 0.161. The van der Waals surface area contributed by atoms with E-state index in [0.717, 1.165) is 43.9 Å². The Morgan fingerprint density at radius 1 is 1.50 bits per heavy atom. The lowest BCUT2D eigenvalue weighted by Crippen LogP contribution is -2.44. The van der Waals surface area contributed by atoms with Crippen molar-refractivity contribution < 1.29 is 4.79 Å². The minimum absolute atomic E-state index is 0.161. The van der Waals surface area contributed by atoms with E-state index in [2.05, 4.69) is 34.2 Å². The molecule has 0 bridgehead atoms. The molecule has 1 atom stereocenters. The van der Waals surface area contributed by atoms with Gasteiger partial charge >= 0.3 is 0 Å². The van der Waals surface area contributed by atoms with Gasteiger partial charge < -0.3 is 15.1 Å². The number of nitrogens with zero attached hydrogens (tertiary/aromatic N) is 4. The molecule has 1 fully saturated rings. The lowest BCUT2D eigenvalue weighted by molar-refractivity contribution is -0.130. The van der Waals surface area contributed by atoms with Gasteiger partial charge in [-0.15, -0.1) is 0 Å². The Morgan fingerprint density at radius 3 is 3.04 bits per heavy atom. The van der Waals surface area contributed by atoms with E-state index in [1.54, 1.807) is 6.20 Å². The van der Waals surface area contributed by atoms with Gasteiger partial charge in [0.15, 0.2) is 0 Å². The number of pyridine rings is 1. The molecule has 1 aliphatic heterocycles. The van der Waals surface area contributed by atoms with Crippen LogP contribution in [0.15, 0.2) is 23.3 Å². The van der Waals surface area contributed by atoms with Gasteiger partial charge in [-0.2, -0.15) is 0 Å². The SMILES string of the molecule is CCCN=Cc1ccnc(CNCC(=O)N(CC)CC2CCCN2C)c1. The summed E-state index contributed by atoms with van der Waals surface area (Å²) in [5.41, 5.74) is 1.98. The van der Waals surface area contributed by atoms with Crippen LogP contribution < -0.4 is 5.32 Å². The fourth-order valence-electron chi connectivity index (χ4n) is 3.25. The monoisotopic (exact) mass is 359 g/mol. The van der Waals surface area contributed by atoms with E-state index in [-0.39, 0.29) is 5.91 Å². The van der Waals surface area contributed by atoms with Gasteiger partial charge in [0.1, 0.15) is 0 Å². The molecular weight excluding hydrogens is 326 g/mol. The predicted octanol–water partition coefficient (Wildman–Crippen LogP) is 1.94. The van der Waals surface area contributed by atoms with Gasteiger partial charge in [-0.25, -0.2) is 0 Å². The number of likely N-dealkylation sites (tertiary alicyclic amines) is 1. The Kier molecular flexibility index (Phi) is 8.71. The number of aliphatic imine (C=N–C) groups is 1. The average molecular weight is 360 g/mol. The molecule has 1 amide bonds. The third-order valence-corrected chi connectivity index (χ3v) is 4.85. The molecule has 0 spiro atoms. The summed E-state index contributed by atoms with van der Waals surface area (Å²) in [6, 6.07) is 4.46. The van der Waals surface area contributed by atoms with E-state index < -0.39 is 0 Å². The van der Waals surface area contributed by atoms with E-state index >= 15 is 0 Å². The van der Waals surface area contributed by atoms with Crippen LogP contribution in [0, 0.1) is 0 Å². The third kappa shape index (κ3) is 6.50. The molecule has 0 radical (unpaired) electrons. The molecule has 1 aromatic heterocycles. The maximum Gasteiger partial charge on any atom is 0.236 e. The molecule has 1 N–H and O–H groups in total. The summed E-state index contributed by atoms with van der Waals surface area (Å²) in [7, 11) is 2.15. The Labute approximate surface area is 157 Å². The van der Waals surface area contributed by atoms with Crippen molar-refractivity contribution in [3.63, 3.8) is 0 Å². The van der Waals surface area contributed by atoms with Crippen molar-refractivity contribution >= 4 is 12.1 Å². The highest BCUT2D eigenvalue weighted by molar-refractivity contribution is 5.79. The zero-order valence-electron chi connectivity index (χ0n) is 16.4. The molecule has 1 unspecified atom stereocenters. The van der Waals surface area contributed by atoms with E-state index in [9.17, 15) is 4.79 Å². The predicted molar refractivity (Wildman–Crippen MR) is 107 cm³/mol. The first-order valence-corrected chi connectivity index (χ1v) is 9.77. The lowest BCUT2D eigenvalue weighted by atomic mass is 10.2. The molecule has 2 rings (SSSR count). The molecule has 0 saturated carbocycles. The van der Waals surface area contributed by atoms with Gasteiger partial charge in [-0.3, -0.25) is 14.8 Å². The van der Waals surface area contributed by atoms with Crippen molar-refractivity contribution in [1.82, 2.24) is 20.1 Å². The van der Waals surface area contributed by atoms with Gasteiger partial charge in [-0.05, 0) is 57.5 Å². The Bertz CT molecular complexity index is 589. The molecular formula is C20H33N5O. The summed E-state index contributed by atoms with van der Waals surface area (Å²) in [6.07, 6.45) is 7.14. The van der Waals surface area contributed by atoms with Crippen LogP contribution in [0.2, 0.25) is 0 Å². The standard InChI is InChI=1S/C20H33N5O/c1-4-9-21-13-17-8-10-23-18(12-17)14-22-15-20(26)25(5-2)16-19-7-6-11-24(19)3/h8,10,12-13,19,22H,4-7,9,11,14-16H2,1-3H3. The van der Waals surface area contributed by atoms with Crippen molar-refractivity contribution in [3.05, 3.63) is 29.6 Å². The molecule has 6 nitrogen and oxygen atoms in total. The third-order valence-electron chi connectivity index (χ3n) is 4.85. The lowest BCUT2D eigenvalue weighted by Gasteiger charge is -2.28. The molecule has 2 heterocycles. The Balaban J connectivity index is 1.78. The zero-order chi connectivity index (χ0) is 18.8. The summed E-state index contributed by atoms with van der Waals surface area (Å²) in [4.78, 5) is 25.6. The number of aromatic nitrogens is 1.